The summed E-state index contributed by atoms with van der Waals surface area (Å²) in [7, 11) is 0. The van der Waals surface area contributed by atoms with Crippen LogP contribution in [0.5, 0.6) is 0 Å². The van der Waals surface area contributed by atoms with E-state index in [0.717, 1.165) is 21.7 Å². The first-order valence-corrected chi connectivity index (χ1v) is 6.36. The molecule has 0 aliphatic rings. The lowest BCUT2D eigenvalue weighted by Crippen LogP contribution is -1.97. The molecule has 0 aromatic carbocycles. The molecule has 0 saturated heterocycles. The average Bonchev–Trinajstić information content (AvgIpc) is 3.08. The lowest BCUT2D eigenvalue weighted by atomic mass is 10.3. The van der Waals surface area contributed by atoms with E-state index in [1.165, 1.54) is 6.07 Å². The van der Waals surface area contributed by atoms with E-state index in [4.69, 9.17) is 11.6 Å². The lowest BCUT2D eigenvalue weighted by molar-refractivity contribution is 1.32. The summed E-state index contributed by atoms with van der Waals surface area (Å²) in [6.45, 7) is 0. The van der Waals surface area contributed by atoms with Gasteiger partial charge >= 0.3 is 0 Å². The van der Waals surface area contributed by atoms with E-state index in [1.54, 1.807) is 30.7 Å². The molecule has 4 rings (SSSR count). The highest BCUT2D eigenvalue weighted by Gasteiger charge is 1.97. The number of rotatable bonds is 0. The maximum absolute atomic E-state index is 11.0. The minimum absolute atomic E-state index is 0.0509. The maximum Gasteiger partial charge on any atom is 0.190 e. The third-order valence-corrected chi connectivity index (χ3v) is 3.21. The van der Waals surface area contributed by atoms with Crippen LogP contribution < -0.4 is 5.43 Å². The molecule has 0 radical (unpaired) electrons. The van der Waals surface area contributed by atoms with Gasteiger partial charge in [0.2, 0.25) is 0 Å². The van der Waals surface area contributed by atoms with Gasteiger partial charge in [0.25, 0.3) is 0 Å². The SMILES string of the molecule is Clc1ccnc2[nH]ccc12.O=c1cc[nH]c2[nH]ccc12. The van der Waals surface area contributed by atoms with Crippen LogP contribution in [0, 0.1) is 0 Å². The number of fused-ring (bicyclic) bond motifs is 2. The van der Waals surface area contributed by atoms with E-state index in [-0.39, 0.29) is 5.43 Å². The Hall–Kier alpha value is -2.53. The van der Waals surface area contributed by atoms with E-state index in [9.17, 15) is 4.79 Å². The van der Waals surface area contributed by atoms with Gasteiger partial charge in [-0.1, -0.05) is 11.6 Å². The molecule has 0 saturated carbocycles. The zero-order valence-corrected chi connectivity index (χ0v) is 11.1. The maximum atomic E-state index is 11.0. The van der Waals surface area contributed by atoms with Crippen molar-refractivity contribution in [2.24, 2.45) is 0 Å². The van der Waals surface area contributed by atoms with Gasteiger partial charge in [0.05, 0.1) is 10.4 Å². The number of nitrogens with one attached hydrogen (secondary N) is 3. The van der Waals surface area contributed by atoms with Crippen LogP contribution in [-0.2, 0) is 0 Å². The van der Waals surface area contributed by atoms with Crippen LogP contribution in [0.2, 0.25) is 5.02 Å². The molecule has 5 nitrogen and oxygen atoms in total. The topological polar surface area (TPSA) is 77.3 Å². The zero-order valence-electron chi connectivity index (χ0n) is 10.4. The predicted molar refractivity (Wildman–Crippen MR) is 80.0 cm³/mol. The summed E-state index contributed by atoms with van der Waals surface area (Å²) in [6, 6.07) is 6.95. The summed E-state index contributed by atoms with van der Waals surface area (Å²) in [6.07, 6.45) is 6.87. The standard InChI is InChI=1S/C7H5ClN2.C7H6N2O/c8-6-2-4-10-7-5(6)1-3-9-7;10-6-2-4-9-7-5(6)1-3-8-7/h1-4H,(H,9,10);1-4H,(H2,8,9,10). The number of hydrogen-bond acceptors (Lipinski definition) is 2. The molecule has 20 heavy (non-hydrogen) atoms. The van der Waals surface area contributed by atoms with Crippen LogP contribution >= 0.6 is 11.6 Å². The largest absolute Gasteiger partial charge is 0.348 e. The molecule has 0 spiro atoms. The van der Waals surface area contributed by atoms with Gasteiger partial charge in [0.1, 0.15) is 11.3 Å². The minimum Gasteiger partial charge on any atom is -0.348 e. The lowest BCUT2D eigenvalue weighted by Gasteiger charge is -1.89. The van der Waals surface area contributed by atoms with Crippen LogP contribution in [0.1, 0.15) is 0 Å². The van der Waals surface area contributed by atoms with Gasteiger partial charge in [-0.15, -0.1) is 0 Å². The fourth-order valence-electron chi connectivity index (χ4n) is 1.91. The highest BCUT2D eigenvalue weighted by molar-refractivity contribution is 6.35. The summed E-state index contributed by atoms with van der Waals surface area (Å²) in [5.74, 6) is 0. The van der Waals surface area contributed by atoms with Crippen molar-refractivity contribution in [2.75, 3.05) is 0 Å². The summed E-state index contributed by atoms with van der Waals surface area (Å²) in [5, 5.41) is 2.43. The van der Waals surface area contributed by atoms with Crippen molar-refractivity contribution in [2.45, 2.75) is 0 Å². The van der Waals surface area contributed by atoms with Crippen molar-refractivity contribution in [3.05, 3.63) is 64.3 Å². The van der Waals surface area contributed by atoms with Crippen molar-refractivity contribution in [1.29, 1.82) is 0 Å². The highest BCUT2D eigenvalue weighted by atomic mass is 35.5. The normalized spacial score (nSPS) is 10.4. The minimum atomic E-state index is 0.0509. The third kappa shape index (κ3) is 2.31. The van der Waals surface area contributed by atoms with E-state index < -0.39 is 0 Å². The summed E-state index contributed by atoms with van der Waals surface area (Å²) in [5.41, 5.74) is 1.68. The Bertz CT molecular complexity index is 906. The molecule has 0 bridgehead atoms. The van der Waals surface area contributed by atoms with Gasteiger partial charge in [-0.3, -0.25) is 4.79 Å². The number of hydrogen-bond donors (Lipinski definition) is 3. The first-order valence-electron chi connectivity index (χ1n) is 5.98. The van der Waals surface area contributed by atoms with Gasteiger partial charge < -0.3 is 15.0 Å². The van der Waals surface area contributed by atoms with Crippen LogP contribution in [0.25, 0.3) is 22.1 Å². The molecule has 0 atom stereocenters. The predicted octanol–water partition coefficient (Wildman–Crippen LogP) is 3.07. The molecule has 6 heteroatoms. The van der Waals surface area contributed by atoms with Crippen molar-refractivity contribution in [1.82, 2.24) is 19.9 Å². The van der Waals surface area contributed by atoms with Gasteiger partial charge in [0.15, 0.2) is 5.43 Å². The molecule has 0 amide bonds. The molecule has 0 aliphatic carbocycles. The number of halogens is 1. The summed E-state index contributed by atoms with van der Waals surface area (Å²) in [4.78, 5) is 23.8. The van der Waals surface area contributed by atoms with Crippen molar-refractivity contribution < 1.29 is 0 Å². The van der Waals surface area contributed by atoms with E-state index in [0.29, 0.717) is 5.39 Å². The quantitative estimate of drug-likeness (QED) is 0.464. The Morgan fingerprint density at radius 3 is 2.35 bits per heavy atom. The summed E-state index contributed by atoms with van der Waals surface area (Å²) >= 11 is 5.84. The fourth-order valence-corrected chi connectivity index (χ4v) is 2.12. The van der Waals surface area contributed by atoms with Gasteiger partial charge in [0, 0.05) is 36.2 Å². The van der Waals surface area contributed by atoms with Gasteiger partial charge in [-0.05, 0) is 18.2 Å². The Morgan fingerprint density at radius 1 is 0.900 bits per heavy atom. The molecule has 100 valence electrons. The number of nitrogens with zero attached hydrogens (tertiary/aromatic N) is 1. The number of pyridine rings is 2. The second-order valence-electron chi connectivity index (χ2n) is 4.14. The van der Waals surface area contributed by atoms with E-state index in [2.05, 4.69) is 19.9 Å². The van der Waals surface area contributed by atoms with Crippen LogP contribution in [-0.4, -0.2) is 19.9 Å². The van der Waals surface area contributed by atoms with E-state index >= 15 is 0 Å². The Kier molecular flexibility index (Phi) is 3.26. The number of H-pyrrole nitrogens is 3. The second kappa shape index (κ2) is 5.22. The first-order chi connectivity index (χ1) is 9.75. The molecular formula is C14H11ClN4O. The molecule has 4 aromatic heterocycles. The zero-order chi connectivity index (χ0) is 13.9. The van der Waals surface area contributed by atoms with Crippen molar-refractivity contribution in [3.8, 4) is 0 Å². The first kappa shape index (κ1) is 12.5. The molecule has 4 heterocycles. The monoisotopic (exact) mass is 286 g/mol. The fraction of sp³-hybridized carbons (Fsp3) is 0. The molecule has 3 N–H and O–H groups in total. The molecule has 0 aliphatic heterocycles. The smallest absolute Gasteiger partial charge is 0.190 e. The Labute approximate surface area is 118 Å². The number of aromatic amines is 3. The Morgan fingerprint density at radius 2 is 1.60 bits per heavy atom. The molecule has 4 aromatic rings. The van der Waals surface area contributed by atoms with Gasteiger partial charge in [-0.25, -0.2) is 4.98 Å². The average molecular weight is 287 g/mol. The third-order valence-electron chi connectivity index (χ3n) is 2.88. The van der Waals surface area contributed by atoms with Crippen molar-refractivity contribution in [3.63, 3.8) is 0 Å². The second-order valence-corrected chi connectivity index (χ2v) is 4.55. The van der Waals surface area contributed by atoms with Gasteiger partial charge in [-0.2, -0.15) is 0 Å². The van der Waals surface area contributed by atoms with Crippen LogP contribution in [0.3, 0.4) is 0 Å². The molecular weight excluding hydrogens is 276 g/mol. The van der Waals surface area contributed by atoms with Crippen LogP contribution in [0.4, 0.5) is 0 Å². The Balaban J connectivity index is 0.000000121. The number of aromatic nitrogens is 4. The van der Waals surface area contributed by atoms with Crippen LogP contribution in [0.15, 0.2) is 53.8 Å². The molecule has 0 unspecified atom stereocenters. The highest BCUT2D eigenvalue weighted by Crippen LogP contribution is 2.19. The van der Waals surface area contributed by atoms with E-state index in [1.807, 2.05) is 12.3 Å². The molecule has 0 fully saturated rings. The summed E-state index contributed by atoms with van der Waals surface area (Å²) < 4.78 is 0. The van der Waals surface area contributed by atoms with Crippen molar-refractivity contribution >= 4 is 33.7 Å².